The molecule has 0 unspecified atom stereocenters. The summed E-state index contributed by atoms with van der Waals surface area (Å²) in [6.07, 6.45) is 1.47. The number of nitrogens with one attached hydrogen (secondary N) is 1. The van der Waals surface area contributed by atoms with Crippen molar-refractivity contribution in [3.05, 3.63) is 35.4 Å². The van der Waals surface area contributed by atoms with E-state index >= 15 is 0 Å². The van der Waals surface area contributed by atoms with Gasteiger partial charge in [0.1, 0.15) is 12.2 Å². The van der Waals surface area contributed by atoms with E-state index in [9.17, 15) is 9.59 Å². The fourth-order valence-corrected chi connectivity index (χ4v) is 1.90. The first-order chi connectivity index (χ1) is 10.8. The number of benzene rings is 1. The van der Waals surface area contributed by atoms with Crippen molar-refractivity contribution in [2.75, 3.05) is 13.2 Å². The number of alkyl carbamates (subject to hydrolysis) is 1. The second-order valence-corrected chi connectivity index (χ2v) is 6.49. The number of rotatable bonds is 7. The van der Waals surface area contributed by atoms with E-state index in [1.54, 1.807) is 20.8 Å². The SMILES string of the molecule is Cc1ccc(CCCC(=O)OCCNC(=O)OC(C)(C)C)cc1. The Bertz CT molecular complexity index is 503. The molecule has 0 fully saturated rings. The van der Waals surface area contributed by atoms with Crippen LogP contribution in [0.2, 0.25) is 0 Å². The Hall–Kier alpha value is -2.04. The quantitative estimate of drug-likeness (QED) is 0.617. The molecule has 0 aromatic heterocycles. The van der Waals surface area contributed by atoms with Crippen molar-refractivity contribution in [3.8, 4) is 0 Å². The van der Waals surface area contributed by atoms with Crippen LogP contribution in [0.4, 0.5) is 4.79 Å². The van der Waals surface area contributed by atoms with Crippen LogP contribution in [-0.2, 0) is 20.7 Å². The lowest BCUT2D eigenvalue weighted by Crippen LogP contribution is -2.34. The summed E-state index contributed by atoms with van der Waals surface area (Å²) < 4.78 is 10.1. The molecule has 1 aromatic carbocycles. The summed E-state index contributed by atoms with van der Waals surface area (Å²) in [7, 11) is 0. The van der Waals surface area contributed by atoms with E-state index in [1.165, 1.54) is 11.1 Å². The van der Waals surface area contributed by atoms with Crippen molar-refractivity contribution >= 4 is 12.1 Å². The summed E-state index contributed by atoms with van der Waals surface area (Å²) in [5.74, 6) is -0.247. The topological polar surface area (TPSA) is 64.6 Å². The standard InChI is InChI=1S/C18H27NO4/c1-14-8-10-15(11-9-14)6-5-7-16(20)22-13-12-19-17(21)23-18(2,3)4/h8-11H,5-7,12-13H2,1-4H3,(H,19,21). The fourth-order valence-electron chi connectivity index (χ4n) is 1.90. The van der Waals surface area contributed by atoms with Gasteiger partial charge in [-0.3, -0.25) is 4.79 Å². The van der Waals surface area contributed by atoms with Gasteiger partial charge in [-0.05, 0) is 46.1 Å². The van der Waals surface area contributed by atoms with E-state index in [4.69, 9.17) is 9.47 Å². The minimum absolute atomic E-state index is 0.155. The number of carbonyl (C=O) groups excluding carboxylic acids is 2. The van der Waals surface area contributed by atoms with Crippen LogP contribution in [0.25, 0.3) is 0 Å². The largest absolute Gasteiger partial charge is 0.464 e. The van der Waals surface area contributed by atoms with Crippen LogP contribution >= 0.6 is 0 Å². The number of ether oxygens (including phenoxy) is 2. The Morgan fingerprint density at radius 3 is 2.39 bits per heavy atom. The second-order valence-electron chi connectivity index (χ2n) is 6.49. The van der Waals surface area contributed by atoms with Crippen LogP contribution in [0.3, 0.4) is 0 Å². The van der Waals surface area contributed by atoms with Gasteiger partial charge in [-0.1, -0.05) is 29.8 Å². The Morgan fingerprint density at radius 1 is 1.13 bits per heavy atom. The predicted octanol–water partition coefficient (Wildman–Crippen LogP) is 3.39. The van der Waals surface area contributed by atoms with Gasteiger partial charge in [0, 0.05) is 6.42 Å². The van der Waals surface area contributed by atoms with E-state index < -0.39 is 11.7 Å². The average Bonchev–Trinajstić information content (AvgIpc) is 2.44. The molecule has 23 heavy (non-hydrogen) atoms. The van der Waals surface area contributed by atoms with Gasteiger partial charge in [-0.2, -0.15) is 0 Å². The Kier molecular flexibility index (Phi) is 7.59. The second kappa shape index (κ2) is 9.18. The summed E-state index contributed by atoms with van der Waals surface area (Å²) in [6, 6.07) is 8.28. The zero-order chi connectivity index (χ0) is 17.3. The van der Waals surface area contributed by atoms with Crippen LogP contribution in [-0.4, -0.2) is 30.8 Å². The normalized spacial score (nSPS) is 11.0. The minimum Gasteiger partial charge on any atom is -0.464 e. The Balaban J connectivity index is 2.08. The van der Waals surface area contributed by atoms with Crippen molar-refractivity contribution in [3.63, 3.8) is 0 Å². The van der Waals surface area contributed by atoms with Crippen LogP contribution in [0.5, 0.6) is 0 Å². The van der Waals surface area contributed by atoms with Crippen molar-refractivity contribution < 1.29 is 19.1 Å². The third-order valence-corrected chi connectivity index (χ3v) is 3.00. The number of aryl methyl sites for hydroxylation is 2. The molecule has 1 N–H and O–H groups in total. The molecule has 1 aromatic rings. The summed E-state index contributed by atoms with van der Waals surface area (Å²) in [5, 5.41) is 2.54. The highest BCUT2D eigenvalue weighted by atomic mass is 16.6. The number of esters is 1. The van der Waals surface area contributed by atoms with Crippen LogP contribution in [0.15, 0.2) is 24.3 Å². The number of amides is 1. The van der Waals surface area contributed by atoms with Crippen molar-refractivity contribution in [2.45, 2.75) is 52.6 Å². The smallest absolute Gasteiger partial charge is 0.407 e. The van der Waals surface area contributed by atoms with E-state index in [0.29, 0.717) is 6.42 Å². The molecule has 1 amide bonds. The van der Waals surface area contributed by atoms with Gasteiger partial charge in [-0.15, -0.1) is 0 Å². The average molecular weight is 321 g/mol. The molecule has 0 atom stereocenters. The molecule has 0 radical (unpaired) electrons. The molecular formula is C18H27NO4. The molecule has 0 saturated heterocycles. The van der Waals surface area contributed by atoms with Crippen LogP contribution in [0, 0.1) is 6.92 Å². The zero-order valence-electron chi connectivity index (χ0n) is 14.5. The van der Waals surface area contributed by atoms with Gasteiger partial charge in [0.15, 0.2) is 0 Å². The van der Waals surface area contributed by atoms with Crippen LogP contribution < -0.4 is 5.32 Å². The van der Waals surface area contributed by atoms with E-state index in [-0.39, 0.29) is 19.1 Å². The summed E-state index contributed by atoms with van der Waals surface area (Å²) in [6.45, 7) is 7.83. The molecule has 0 aliphatic rings. The molecule has 5 heteroatoms. The molecule has 5 nitrogen and oxygen atoms in total. The third-order valence-electron chi connectivity index (χ3n) is 3.00. The third kappa shape index (κ3) is 9.55. The minimum atomic E-state index is -0.531. The van der Waals surface area contributed by atoms with Gasteiger partial charge in [0.2, 0.25) is 0 Å². The number of carbonyl (C=O) groups is 2. The highest BCUT2D eigenvalue weighted by molar-refractivity contribution is 5.69. The highest BCUT2D eigenvalue weighted by Gasteiger charge is 2.15. The van der Waals surface area contributed by atoms with Crippen molar-refractivity contribution in [1.29, 1.82) is 0 Å². The monoisotopic (exact) mass is 321 g/mol. The maximum Gasteiger partial charge on any atom is 0.407 e. The molecular weight excluding hydrogens is 294 g/mol. The van der Waals surface area contributed by atoms with Gasteiger partial charge in [0.25, 0.3) is 0 Å². The molecule has 128 valence electrons. The molecule has 0 bridgehead atoms. The first-order valence-electron chi connectivity index (χ1n) is 7.94. The highest BCUT2D eigenvalue weighted by Crippen LogP contribution is 2.08. The van der Waals surface area contributed by atoms with Crippen LogP contribution in [0.1, 0.15) is 44.7 Å². The van der Waals surface area contributed by atoms with Gasteiger partial charge >= 0.3 is 12.1 Å². The Morgan fingerprint density at radius 2 is 1.78 bits per heavy atom. The van der Waals surface area contributed by atoms with Gasteiger partial charge < -0.3 is 14.8 Å². The fraction of sp³-hybridized carbons (Fsp3) is 0.556. The molecule has 1 rings (SSSR count). The Labute approximate surface area is 138 Å². The van der Waals surface area contributed by atoms with E-state index in [1.807, 2.05) is 6.92 Å². The summed E-state index contributed by atoms with van der Waals surface area (Å²) >= 11 is 0. The molecule has 0 aliphatic heterocycles. The lowest BCUT2D eigenvalue weighted by atomic mass is 10.1. The van der Waals surface area contributed by atoms with Crippen molar-refractivity contribution in [2.24, 2.45) is 0 Å². The van der Waals surface area contributed by atoms with E-state index in [0.717, 1.165) is 12.8 Å². The van der Waals surface area contributed by atoms with E-state index in [2.05, 4.69) is 29.6 Å². The number of hydrogen-bond acceptors (Lipinski definition) is 4. The lowest BCUT2D eigenvalue weighted by molar-refractivity contribution is -0.143. The first-order valence-corrected chi connectivity index (χ1v) is 7.94. The molecule has 0 saturated carbocycles. The molecule has 0 heterocycles. The summed E-state index contributed by atoms with van der Waals surface area (Å²) in [5.41, 5.74) is 1.91. The first kappa shape index (κ1) is 19.0. The molecule has 0 aliphatic carbocycles. The summed E-state index contributed by atoms with van der Waals surface area (Å²) in [4.78, 5) is 23.0. The van der Waals surface area contributed by atoms with Crippen molar-refractivity contribution in [1.82, 2.24) is 5.32 Å². The maximum atomic E-state index is 11.6. The van der Waals surface area contributed by atoms with Gasteiger partial charge in [-0.25, -0.2) is 4.79 Å². The zero-order valence-corrected chi connectivity index (χ0v) is 14.5. The molecule has 0 spiro atoms. The van der Waals surface area contributed by atoms with Gasteiger partial charge in [0.05, 0.1) is 6.54 Å². The lowest BCUT2D eigenvalue weighted by Gasteiger charge is -2.19. The number of hydrogen-bond donors (Lipinski definition) is 1. The maximum absolute atomic E-state index is 11.6. The predicted molar refractivity (Wildman–Crippen MR) is 89.3 cm³/mol.